The van der Waals surface area contributed by atoms with Crippen LogP contribution < -0.4 is 0 Å². The molecule has 2 unspecified atom stereocenters. The van der Waals surface area contributed by atoms with Crippen LogP contribution in [-0.2, 0) is 11.2 Å². The van der Waals surface area contributed by atoms with Crippen LogP contribution in [0.25, 0.3) is 0 Å². The van der Waals surface area contributed by atoms with E-state index in [1.807, 2.05) is 13.8 Å². The fourth-order valence-corrected chi connectivity index (χ4v) is 2.14. The predicted molar refractivity (Wildman–Crippen MR) is 71.4 cm³/mol. The summed E-state index contributed by atoms with van der Waals surface area (Å²) in [6.07, 6.45) is 0.935. The van der Waals surface area contributed by atoms with Gasteiger partial charge in [-0.25, -0.2) is 4.39 Å². The summed E-state index contributed by atoms with van der Waals surface area (Å²) < 4.78 is 19.0. The molecule has 0 aliphatic carbocycles. The van der Waals surface area contributed by atoms with Crippen LogP contribution in [0.3, 0.4) is 0 Å². The van der Waals surface area contributed by atoms with Gasteiger partial charge in [0.2, 0.25) is 0 Å². The highest BCUT2D eigenvalue weighted by atomic mass is 35.5. The molecular weight excluding hydrogens is 255 g/mol. The summed E-state index contributed by atoms with van der Waals surface area (Å²) in [7, 11) is 0. The number of hydrogen-bond acceptors (Lipinski definition) is 2. The zero-order valence-electron chi connectivity index (χ0n) is 10.8. The van der Waals surface area contributed by atoms with Gasteiger partial charge in [0, 0.05) is 18.1 Å². The lowest BCUT2D eigenvalue weighted by atomic mass is 10.0. The minimum Gasteiger partial charge on any atom is -0.390 e. The summed E-state index contributed by atoms with van der Waals surface area (Å²) in [4.78, 5) is 0. The van der Waals surface area contributed by atoms with Gasteiger partial charge in [-0.1, -0.05) is 24.9 Å². The SMILES string of the molecule is CCCC(OCC)C(O)Cc1cc(Cl)ccc1F. The molecule has 0 spiro atoms. The molecule has 2 atom stereocenters. The average molecular weight is 275 g/mol. The molecule has 0 saturated heterocycles. The van der Waals surface area contributed by atoms with Gasteiger partial charge in [-0.05, 0) is 37.1 Å². The molecule has 0 aliphatic rings. The Morgan fingerprint density at radius 3 is 2.72 bits per heavy atom. The molecule has 4 heteroatoms. The first-order valence-corrected chi connectivity index (χ1v) is 6.69. The molecule has 0 fully saturated rings. The quantitative estimate of drug-likeness (QED) is 0.823. The highest BCUT2D eigenvalue weighted by molar-refractivity contribution is 6.30. The molecule has 0 aliphatic heterocycles. The van der Waals surface area contributed by atoms with Crippen molar-refractivity contribution in [1.82, 2.24) is 0 Å². The predicted octanol–water partition coefficient (Wildman–Crippen LogP) is 3.59. The van der Waals surface area contributed by atoms with E-state index < -0.39 is 6.10 Å². The molecule has 0 aromatic heterocycles. The number of ether oxygens (including phenoxy) is 1. The fourth-order valence-electron chi connectivity index (χ4n) is 1.94. The van der Waals surface area contributed by atoms with E-state index in [0.29, 0.717) is 17.2 Å². The Balaban J connectivity index is 2.71. The minimum atomic E-state index is -0.710. The molecule has 1 N–H and O–H groups in total. The molecule has 102 valence electrons. The van der Waals surface area contributed by atoms with Crippen molar-refractivity contribution in [3.05, 3.63) is 34.6 Å². The molecule has 0 radical (unpaired) electrons. The van der Waals surface area contributed by atoms with E-state index in [4.69, 9.17) is 16.3 Å². The maximum atomic E-state index is 13.6. The number of halogens is 2. The second kappa shape index (κ2) is 7.72. The van der Waals surface area contributed by atoms with Crippen LogP contribution in [0, 0.1) is 5.82 Å². The van der Waals surface area contributed by atoms with Gasteiger partial charge in [-0.15, -0.1) is 0 Å². The van der Waals surface area contributed by atoms with Crippen molar-refractivity contribution in [3.63, 3.8) is 0 Å². The van der Waals surface area contributed by atoms with E-state index in [-0.39, 0.29) is 18.3 Å². The molecule has 0 bridgehead atoms. The fraction of sp³-hybridized carbons (Fsp3) is 0.571. The molecule has 1 aromatic rings. The van der Waals surface area contributed by atoms with Crippen LogP contribution in [-0.4, -0.2) is 23.9 Å². The van der Waals surface area contributed by atoms with Gasteiger partial charge in [0.05, 0.1) is 12.2 Å². The van der Waals surface area contributed by atoms with Crippen LogP contribution in [0.1, 0.15) is 32.3 Å². The van der Waals surface area contributed by atoms with E-state index in [9.17, 15) is 9.50 Å². The molecule has 18 heavy (non-hydrogen) atoms. The largest absolute Gasteiger partial charge is 0.390 e. The van der Waals surface area contributed by atoms with Crippen molar-refractivity contribution >= 4 is 11.6 Å². The summed E-state index contributed by atoms with van der Waals surface area (Å²) in [5, 5.41) is 10.6. The Kier molecular flexibility index (Phi) is 6.61. The number of aliphatic hydroxyl groups is 1. The average Bonchev–Trinajstić information content (AvgIpc) is 2.33. The van der Waals surface area contributed by atoms with E-state index in [2.05, 4.69) is 0 Å². The third-order valence-corrected chi connectivity index (χ3v) is 3.06. The standard InChI is InChI=1S/C14H20ClFO2/c1-3-5-14(18-4-2)13(17)9-10-8-11(15)6-7-12(10)16/h6-8,13-14,17H,3-5,9H2,1-2H3. The Hall–Kier alpha value is -0.640. The lowest BCUT2D eigenvalue weighted by molar-refractivity contribution is -0.0366. The Morgan fingerprint density at radius 2 is 2.11 bits per heavy atom. The van der Waals surface area contributed by atoms with Gasteiger partial charge < -0.3 is 9.84 Å². The minimum absolute atomic E-state index is 0.219. The summed E-state index contributed by atoms with van der Waals surface area (Å²) >= 11 is 5.82. The van der Waals surface area contributed by atoms with E-state index in [1.165, 1.54) is 12.1 Å². The highest BCUT2D eigenvalue weighted by Gasteiger charge is 2.20. The second-order valence-corrected chi connectivity index (χ2v) is 4.73. The molecule has 0 heterocycles. The third-order valence-electron chi connectivity index (χ3n) is 2.82. The Labute approximate surface area is 113 Å². The zero-order chi connectivity index (χ0) is 13.5. The van der Waals surface area contributed by atoms with Gasteiger partial charge in [0.1, 0.15) is 5.82 Å². The van der Waals surface area contributed by atoms with Crippen molar-refractivity contribution in [2.24, 2.45) is 0 Å². The van der Waals surface area contributed by atoms with E-state index in [1.54, 1.807) is 6.07 Å². The molecule has 0 amide bonds. The van der Waals surface area contributed by atoms with Crippen molar-refractivity contribution < 1.29 is 14.2 Å². The summed E-state index contributed by atoms with van der Waals surface area (Å²) in [6.45, 7) is 4.45. The second-order valence-electron chi connectivity index (χ2n) is 4.29. The van der Waals surface area contributed by atoms with Gasteiger partial charge in [-0.2, -0.15) is 0 Å². The van der Waals surface area contributed by atoms with Crippen LogP contribution in [0.2, 0.25) is 5.02 Å². The van der Waals surface area contributed by atoms with Crippen LogP contribution in [0.5, 0.6) is 0 Å². The van der Waals surface area contributed by atoms with Crippen molar-refractivity contribution in [3.8, 4) is 0 Å². The van der Waals surface area contributed by atoms with Gasteiger partial charge >= 0.3 is 0 Å². The maximum absolute atomic E-state index is 13.6. The maximum Gasteiger partial charge on any atom is 0.126 e. The number of aliphatic hydroxyl groups excluding tert-OH is 1. The lowest BCUT2D eigenvalue weighted by Gasteiger charge is -2.22. The summed E-state index contributed by atoms with van der Waals surface area (Å²) in [6, 6.07) is 4.37. The van der Waals surface area contributed by atoms with Gasteiger partial charge in [0.15, 0.2) is 0 Å². The first-order chi connectivity index (χ1) is 8.58. The number of rotatable bonds is 7. The molecule has 1 aromatic carbocycles. The highest BCUT2D eigenvalue weighted by Crippen LogP contribution is 2.19. The first kappa shape index (κ1) is 15.4. The first-order valence-electron chi connectivity index (χ1n) is 6.32. The van der Waals surface area contributed by atoms with Crippen molar-refractivity contribution in [1.29, 1.82) is 0 Å². The molecule has 0 saturated carbocycles. The van der Waals surface area contributed by atoms with Crippen LogP contribution in [0.15, 0.2) is 18.2 Å². The normalized spacial score (nSPS) is 14.5. The summed E-state index contributed by atoms with van der Waals surface area (Å²) in [5.41, 5.74) is 0.427. The molecule has 2 nitrogen and oxygen atoms in total. The Morgan fingerprint density at radius 1 is 1.39 bits per heavy atom. The van der Waals surface area contributed by atoms with Crippen LogP contribution >= 0.6 is 11.6 Å². The molecule has 1 rings (SSSR count). The van der Waals surface area contributed by atoms with Gasteiger partial charge in [-0.3, -0.25) is 0 Å². The number of benzene rings is 1. The smallest absolute Gasteiger partial charge is 0.126 e. The lowest BCUT2D eigenvalue weighted by Crippen LogP contribution is -2.31. The van der Waals surface area contributed by atoms with E-state index >= 15 is 0 Å². The number of hydrogen-bond donors (Lipinski definition) is 1. The van der Waals surface area contributed by atoms with Gasteiger partial charge in [0.25, 0.3) is 0 Å². The topological polar surface area (TPSA) is 29.5 Å². The van der Waals surface area contributed by atoms with E-state index in [0.717, 1.165) is 12.8 Å². The van der Waals surface area contributed by atoms with Crippen LogP contribution in [0.4, 0.5) is 4.39 Å². The van der Waals surface area contributed by atoms with Crippen molar-refractivity contribution in [2.75, 3.05) is 6.61 Å². The Bertz CT molecular complexity index is 365. The van der Waals surface area contributed by atoms with Crippen molar-refractivity contribution in [2.45, 2.75) is 45.3 Å². The summed E-state index contributed by atoms with van der Waals surface area (Å²) in [5.74, 6) is -0.342. The zero-order valence-corrected chi connectivity index (χ0v) is 11.6. The molecular formula is C14H20ClFO2. The monoisotopic (exact) mass is 274 g/mol. The third kappa shape index (κ3) is 4.56.